The molecule has 5 nitrogen and oxygen atoms in total. The molecule has 0 atom stereocenters. The molecule has 10 heteroatoms. The molecule has 0 saturated carbocycles. The third-order valence-corrected chi connectivity index (χ3v) is 7.64. The van der Waals surface area contributed by atoms with Crippen LogP contribution in [-0.4, -0.2) is 33.5 Å². The molecule has 2 aliphatic heterocycles. The van der Waals surface area contributed by atoms with Crippen LogP contribution in [0.3, 0.4) is 0 Å². The van der Waals surface area contributed by atoms with Gasteiger partial charge in [-0.05, 0) is 36.2 Å². The quantitative estimate of drug-likeness (QED) is 0.397. The number of amides is 1. The standard InChI is InChI=1S/C23H18F3N3O2S2/c24-23(25,26)15-5-3-6-16(12-15)29-21(31)20-17(9-11-32-20)27-22(29)33-13-19(30)28-10-8-14-4-1-2-7-18(14)28/h1-7,12H,8-11,13H2. The molecular formula is C23H18F3N3O2S2. The second kappa shape index (κ2) is 8.57. The summed E-state index contributed by atoms with van der Waals surface area (Å²) in [4.78, 5) is 32.9. The summed E-state index contributed by atoms with van der Waals surface area (Å²) in [5, 5.41) is 0.224. The second-order valence-electron chi connectivity index (χ2n) is 7.67. The lowest BCUT2D eigenvalue weighted by atomic mass is 10.2. The Bertz CT molecular complexity index is 1310. The average molecular weight is 490 g/mol. The number of hydrogen-bond acceptors (Lipinski definition) is 5. The number of aryl methyl sites for hydroxylation is 1. The number of carbonyl (C=O) groups is 1. The first-order chi connectivity index (χ1) is 15.8. The highest BCUT2D eigenvalue weighted by Crippen LogP contribution is 2.34. The fraction of sp³-hybridized carbons (Fsp3) is 0.261. The predicted molar refractivity (Wildman–Crippen MR) is 122 cm³/mol. The first-order valence-electron chi connectivity index (χ1n) is 10.3. The highest BCUT2D eigenvalue weighted by molar-refractivity contribution is 8.00. The Morgan fingerprint density at radius 2 is 1.94 bits per heavy atom. The van der Waals surface area contributed by atoms with Crippen LogP contribution in [0.2, 0.25) is 0 Å². The minimum Gasteiger partial charge on any atom is -0.311 e. The van der Waals surface area contributed by atoms with E-state index < -0.39 is 17.3 Å². The molecule has 0 N–H and O–H groups in total. The van der Waals surface area contributed by atoms with Gasteiger partial charge in [-0.1, -0.05) is 36.0 Å². The van der Waals surface area contributed by atoms with Crippen LogP contribution < -0.4 is 10.5 Å². The highest BCUT2D eigenvalue weighted by atomic mass is 32.2. The predicted octanol–water partition coefficient (Wildman–Crippen LogP) is 4.58. The molecule has 3 aromatic rings. The molecule has 3 heterocycles. The molecule has 0 fully saturated rings. The van der Waals surface area contributed by atoms with Crippen molar-refractivity contribution in [2.45, 2.75) is 29.1 Å². The van der Waals surface area contributed by atoms with Crippen molar-refractivity contribution in [3.05, 3.63) is 75.7 Å². The number of anilines is 1. The number of hydrogen-bond donors (Lipinski definition) is 0. The van der Waals surface area contributed by atoms with Gasteiger partial charge in [0.05, 0.1) is 27.6 Å². The van der Waals surface area contributed by atoms with Gasteiger partial charge in [-0.15, -0.1) is 11.8 Å². The molecule has 5 rings (SSSR count). The van der Waals surface area contributed by atoms with Crippen molar-refractivity contribution in [1.29, 1.82) is 0 Å². The maximum absolute atomic E-state index is 13.3. The first kappa shape index (κ1) is 22.1. The SMILES string of the molecule is O=C(CSc1nc2c(c(=O)n1-c1cccc(C(F)(F)F)c1)SCC2)N1CCc2ccccc21. The topological polar surface area (TPSA) is 55.2 Å². The molecule has 0 spiro atoms. The monoisotopic (exact) mass is 489 g/mol. The first-order valence-corrected chi connectivity index (χ1v) is 12.3. The van der Waals surface area contributed by atoms with E-state index >= 15 is 0 Å². The Morgan fingerprint density at radius 1 is 1.12 bits per heavy atom. The van der Waals surface area contributed by atoms with E-state index in [9.17, 15) is 22.8 Å². The van der Waals surface area contributed by atoms with Crippen molar-refractivity contribution in [2.24, 2.45) is 0 Å². The van der Waals surface area contributed by atoms with Gasteiger partial charge in [0.25, 0.3) is 5.56 Å². The van der Waals surface area contributed by atoms with Gasteiger partial charge in [0.1, 0.15) is 0 Å². The third-order valence-electron chi connectivity index (χ3n) is 5.61. The number of alkyl halides is 3. The molecule has 2 aliphatic rings. The van der Waals surface area contributed by atoms with Gasteiger partial charge in [0, 0.05) is 24.4 Å². The van der Waals surface area contributed by atoms with E-state index in [0.717, 1.165) is 41.6 Å². The summed E-state index contributed by atoms with van der Waals surface area (Å²) < 4.78 is 41.1. The lowest BCUT2D eigenvalue weighted by Crippen LogP contribution is -2.31. The normalized spacial score (nSPS) is 14.9. The van der Waals surface area contributed by atoms with E-state index in [-0.39, 0.29) is 22.5 Å². The van der Waals surface area contributed by atoms with Gasteiger partial charge in [-0.25, -0.2) is 4.98 Å². The maximum atomic E-state index is 13.3. The Balaban J connectivity index is 1.49. The van der Waals surface area contributed by atoms with Crippen LogP contribution in [0.5, 0.6) is 0 Å². The van der Waals surface area contributed by atoms with Crippen LogP contribution in [0.25, 0.3) is 5.69 Å². The van der Waals surface area contributed by atoms with Gasteiger partial charge >= 0.3 is 6.18 Å². The summed E-state index contributed by atoms with van der Waals surface area (Å²) in [5.41, 5.74) is 1.44. The average Bonchev–Trinajstić information content (AvgIpc) is 3.44. The lowest BCUT2D eigenvalue weighted by Gasteiger charge is -2.18. The molecule has 33 heavy (non-hydrogen) atoms. The Kier molecular flexibility index (Phi) is 5.74. The number of thioether (sulfide) groups is 2. The minimum absolute atomic E-state index is 0.0195. The van der Waals surface area contributed by atoms with E-state index in [4.69, 9.17) is 0 Å². The Morgan fingerprint density at radius 3 is 2.76 bits per heavy atom. The van der Waals surface area contributed by atoms with E-state index in [1.807, 2.05) is 24.3 Å². The summed E-state index contributed by atoms with van der Waals surface area (Å²) >= 11 is 2.43. The second-order valence-corrected chi connectivity index (χ2v) is 9.72. The largest absolute Gasteiger partial charge is 0.416 e. The van der Waals surface area contributed by atoms with Crippen molar-refractivity contribution >= 4 is 35.1 Å². The highest BCUT2D eigenvalue weighted by Gasteiger charge is 2.31. The van der Waals surface area contributed by atoms with E-state index in [0.29, 0.717) is 29.3 Å². The number of halogens is 3. The van der Waals surface area contributed by atoms with Gasteiger partial charge in [-0.2, -0.15) is 13.2 Å². The maximum Gasteiger partial charge on any atom is 0.416 e. The summed E-state index contributed by atoms with van der Waals surface area (Å²) in [5.74, 6) is 0.577. The van der Waals surface area contributed by atoms with Gasteiger partial charge < -0.3 is 4.90 Å². The van der Waals surface area contributed by atoms with E-state index in [1.54, 1.807) is 4.90 Å². The van der Waals surface area contributed by atoms with Crippen LogP contribution in [0.4, 0.5) is 18.9 Å². The number of para-hydroxylation sites is 1. The van der Waals surface area contributed by atoms with Crippen LogP contribution in [0, 0.1) is 0 Å². The molecule has 170 valence electrons. The molecule has 1 aromatic heterocycles. The van der Waals surface area contributed by atoms with Crippen LogP contribution in [0.1, 0.15) is 16.8 Å². The van der Waals surface area contributed by atoms with E-state index in [2.05, 4.69) is 4.98 Å². The van der Waals surface area contributed by atoms with Crippen LogP contribution in [0.15, 0.2) is 63.4 Å². The van der Waals surface area contributed by atoms with Crippen molar-refractivity contribution in [2.75, 3.05) is 23.0 Å². The van der Waals surface area contributed by atoms with Crippen molar-refractivity contribution < 1.29 is 18.0 Å². The van der Waals surface area contributed by atoms with Gasteiger partial charge in [0.2, 0.25) is 5.91 Å². The van der Waals surface area contributed by atoms with E-state index in [1.165, 1.54) is 28.5 Å². The molecule has 0 aliphatic carbocycles. The molecule has 0 unspecified atom stereocenters. The lowest BCUT2D eigenvalue weighted by molar-refractivity contribution is -0.137. The van der Waals surface area contributed by atoms with Crippen molar-refractivity contribution in [3.63, 3.8) is 0 Å². The smallest absolute Gasteiger partial charge is 0.311 e. The molecule has 0 saturated heterocycles. The number of benzene rings is 2. The van der Waals surface area contributed by atoms with Crippen molar-refractivity contribution in [3.8, 4) is 5.69 Å². The van der Waals surface area contributed by atoms with Gasteiger partial charge in [0.15, 0.2) is 5.16 Å². The number of nitrogens with zero attached hydrogens (tertiary/aromatic N) is 3. The Labute approximate surface area is 196 Å². The fourth-order valence-electron chi connectivity index (χ4n) is 4.04. The zero-order valence-electron chi connectivity index (χ0n) is 17.3. The molecule has 0 bridgehead atoms. The minimum atomic E-state index is -4.54. The molecular weight excluding hydrogens is 471 g/mol. The van der Waals surface area contributed by atoms with Crippen LogP contribution >= 0.6 is 23.5 Å². The molecule has 0 radical (unpaired) electrons. The summed E-state index contributed by atoms with van der Waals surface area (Å²) in [6.45, 7) is 0.577. The summed E-state index contributed by atoms with van der Waals surface area (Å²) in [6.07, 6.45) is -3.15. The third kappa shape index (κ3) is 4.17. The number of fused-ring (bicyclic) bond motifs is 2. The van der Waals surface area contributed by atoms with Crippen molar-refractivity contribution in [1.82, 2.24) is 9.55 Å². The summed E-state index contributed by atoms with van der Waals surface area (Å²) in [7, 11) is 0. The van der Waals surface area contributed by atoms with Crippen LogP contribution in [-0.2, 0) is 23.8 Å². The number of rotatable bonds is 4. The molecule has 1 amide bonds. The summed E-state index contributed by atoms with van der Waals surface area (Å²) in [6, 6.07) is 12.3. The number of aromatic nitrogens is 2. The zero-order chi connectivity index (χ0) is 23.2. The molecule has 2 aromatic carbocycles. The van der Waals surface area contributed by atoms with Gasteiger partial charge in [-0.3, -0.25) is 14.2 Å². The fourth-order valence-corrected chi connectivity index (χ4v) is 5.97. The number of carbonyl (C=O) groups excluding carboxylic acids is 1. The Hall–Kier alpha value is -2.72. The zero-order valence-corrected chi connectivity index (χ0v) is 18.9.